The fourth-order valence-electron chi connectivity index (χ4n) is 3.35. The molecule has 0 aliphatic carbocycles. The molecule has 1 aromatic rings. The van der Waals surface area contributed by atoms with Gasteiger partial charge in [-0.3, -0.25) is 9.89 Å². The van der Waals surface area contributed by atoms with Gasteiger partial charge in [0, 0.05) is 45.2 Å². The van der Waals surface area contributed by atoms with Crippen LogP contribution in [0.2, 0.25) is 0 Å². The normalized spacial score (nSPS) is 18.6. The van der Waals surface area contributed by atoms with E-state index in [0.717, 1.165) is 44.4 Å². The Hall–Kier alpha value is -1.63. The van der Waals surface area contributed by atoms with E-state index in [0.29, 0.717) is 18.5 Å². The third-order valence-corrected chi connectivity index (χ3v) is 4.99. The van der Waals surface area contributed by atoms with Gasteiger partial charge in [-0.05, 0) is 11.5 Å². The molecular weight excluding hydrogens is 328 g/mol. The fourth-order valence-corrected chi connectivity index (χ4v) is 3.35. The summed E-state index contributed by atoms with van der Waals surface area (Å²) in [5.74, 6) is 1.38. The van der Waals surface area contributed by atoms with Gasteiger partial charge >= 0.3 is 0 Å². The van der Waals surface area contributed by atoms with Gasteiger partial charge in [-0.1, -0.05) is 44.2 Å². The minimum Gasteiger partial charge on any atom is -0.396 e. The lowest BCUT2D eigenvalue weighted by atomic mass is 10.0. The predicted molar refractivity (Wildman–Crippen MR) is 107 cm³/mol. The van der Waals surface area contributed by atoms with Gasteiger partial charge < -0.3 is 20.5 Å². The van der Waals surface area contributed by atoms with Crippen LogP contribution in [0.4, 0.5) is 0 Å². The van der Waals surface area contributed by atoms with E-state index >= 15 is 0 Å². The van der Waals surface area contributed by atoms with Crippen LogP contribution in [0.5, 0.6) is 0 Å². The van der Waals surface area contributed by atoms with Crippen molar-refractivity contribution in [2.75, 3.05) is 53.0 Å². The van der Waals surface area contributed by atoms with Crippen LogP contribution in [0, 0.1) is 5.92 Å². The number of aliphatic imine (C=N–C) groups is 1. The Balaban J connectivity index is 1.85. The Morgan fingerprint density at radius 2 is 1.81 bits per heavy atom. The first-order chi connectivity index (χ1) is 12.7. The van der Waals surface area contributed by atoms with Gasteiger partial charge in [-0.25, -0.2) is 0 Å². The van der Waals surface area contributed by atoms with Crippen molar-refractivity contribution in [3.8, 4) is 0 Å². The van der Waals surface area contributed by atoms with Gasteiger partial charge in [0.05, 0.1) is 19.8 Å². The van der Waals surface area contributed by atoms with E-state index in [-0.39, 0.29) is 12.5 Å². The molecule has 0 amide bonds. The summed E-state index contributed by atoms with van der Waals surface area (Å²) in [6.45, 7) is 9.70. The minimum atomic E-state index is 0.0508. The standard InChI is InChI=1S/C20H34N4O2/c1-16(2)19(24-9-11-26-12-10-24)14-23-20(21-3)22-13-18(15-25)17-7-5-4-6-8-17/h4-8,16,18-19,25H,9-15H2,1-3H3,(H2,21,22,23). The summed E-state index contributed by atoms with van der Waals surface area (Å²) in [5, 5.41) is 16.5. The molecule has 1 aliphatic rings. The number of hydrogen-bond donors (Lipinski definition) is 3. The van der Waals surface area contributed by atoms with E-state index in [1.165, 1.54) is 0 Å². The maximum absolute atomic E-state index is 9.71. The predicted octanol–water partition coefficient (Wildman–Crippen LogP) is 1.28. The molecule has 0 spiro atoms. The second-order valence-corrected chi connectivity index (χ2v) is 7.08. The van der Waals surface area contributed by atoms with Crippen molar-refractivity contribution in [3.63, 3.8) is 0 Å². The topological polar surface area (TPSA) is 69.1 Å². The first kappa shape index (κ1) is 20.7. The van der Waals surface area contributed by atoms with Gasteiger partial charge in [0.1, 0.15) is 0 Å². The lowest BCUT2D eigenvalue weighted by Gasteiger charge is -2.37. The molecule has 1 aromatic carbocycles. The van der Waals surface area contributed by atoms with E-state index in [1.807, 2.05) is 30.3 Å². The molecule has 0 aromatic heterocycles. The van der Waals surface area contributed by atoms with Gasteiger partial charge in [0.2, 0.25) is 0 Å². The quantitative estimate of drug-likeness (QED) is 0.480. The molecular formula is C20H34N4O2. The molecule has 0 bridgehead atoms. The Bertz CT molecular complexity index is 530. The van der Waals surface area contributed by atoms with Crippen molar-refractivity contribution in [2.45, 2.75) is 25.8 Å². The average Bonchev–Trinajstić information content (AvgIpc) is 2.68. The van der Waals surface area contributed by atoms with Crippen molar-refractivity contribution in [3.05, 3.63) is 35.9 Å². The van der Waals surface area contributed by atoms with Crippen LogP contribution < -0.4 is 10.6 Å². The van der Waals surface area contributed by atoms with Gasteiger partial charge in [-0.2, -0.15) is 0 Å². The van der Waals surface area contributed by atoms with Crippen molar-refractivity contribution >= 4 is 5.96 Å². The maximum Gasteiger partial charge on any atom is 0.191 e. The molecule has 0 saturated carbocycles. The number of nitrogens with zero attached hydrogens (tertiary/aromatic N) is 2. The summed E-state index contributed by atoms with van der Waals surface area (Å²) >= 11 is 0. The zero-order valence-electron chi connectivity index (χ0n) is 16.3. The number of aliphatic hydroxyl groups is 1. The van der Waals surface area contributed by atoms with Crippen LogP contribution in [-0.4, -0.2) is 75.1 Å². The molecule has 1 saturated heterocycles. The number of ether oxygens (including phenoxy) is 1. The van der Waals surface area contributed by atoms with Crippen LogP contribution in [0.3, 0.4) is 0 Å². The Kier molecular flexibility index (Phi) is 8.88. The second-order valence-electron chi connectivity index (χ2n) is 7.08. The molecule has 6 heteroatoms. The number of benzene rings is 1. The van der Waals surface area contributed by atoms with Crippen molar-refractivity contribution < 1.29 is 9.84 Å². The second kappa shape index (κ2) is 11.2. The molecule has 0 radical (unpaired) electrons. The number of nitrogens with one attached hydrogen (secondary N) is 2. The van der Waals surface area contributed by atoms with E-state index in [4.69, 9.17) is 4.74 Å². The van der Waals surface area contributed by atoms with E-state index in [9.17, 15) is 5.11 Å². The van der Waals surface area contributed by atoms with Gasteiger partial charge in [0.25, 0.3) is 0 Å². The summed E-state index contributed by atoms with van der Waals surface area (Å²) in [7, 11) is 1.78. The highest BCUT2D eigenvalue weighted by Crippen LogP contribution is 2.14. The third-order valence-electron chi connectivity index (χ3n) is 4.99. The number of hydrogen-bond acceptors (Lipinski definition) is 4. The largest absolute Gasteiger partial charge is 0.396 e. The number of rotatable bonds is 8. The zero-order valence-corrected chi connectivity index (χ0v) is 16.3. The molecule has 6 nitrogen and oxygen atoms in total. The fraction of sp³-hybridized carbons (Fsp3) is 0.650. The van der Waals surface area contributed by atoms with E-state index in [2.05, 4.69) is 34.4 Å². The summed E-state index contributed by atoms with van der Waals surface area (Å²) in [4.78, 5) is 6.83. The number of guanidine groups is 1. The number of morpholine rings is 1. The molecule has 26 heavy (non-hydrogen) atoms. The summed E-state index contributed by atoms with van der Waals surface area (Å²) in [6, 6.07) is 10.5. The van der Waals surface area contributed by atoms with Gasteiger partial charge in [-0.15, -0.1) is 0 Å². The number of aliphatic hydroxyl groups excluding tert-OH is 1. The zero-order chi connectivity index (χ0) is 18.8. The maximum atomic E-state index is 9.71. The van der Waals surface area contributed by atoms with Crippen LogP contribution in [-0.2, 0) is 4.74 Å². The Morgan fingerprint density at radius 1 is 1.15 bits per heavy atom. The lowest BCUT2D eigenvalue weighted by molar-refractivity contribution is 0.00752. The molecule has 2 atom stereocenters. The smallest absolute Gasteiger partial charge is 0.191 e. The molecule has 1 fully saturated rings. The van der Waals surface area contributed by atoms with Crippen LogP contribution >= 0.6 is 0 Å². The highest BCUT2D eigenvalue weighted by atomic mass is 16.5. The first-order valence-electron chi connectivity index (χ1n) is 9.57. The average molecular weight is 363 g/mol. The SMILES string of the molecule is CN=C(NCC(CO)c1ccccc1)NCC(C(C)C)N1CCOCC1. The van der Waals surface area contributed by atoms with E-state index in [1.54, 1.807) is 7.05 Å². The minimum absolute atomic E-state index is 0.0508. The summed E-state index contributed by atoms with van der Waals surface area (Å²) in [5.41, 5.74) is 1.13. The molecule has 3 N–H and O–H groups in total. The van der Waals surface area contributed by atoms with Gasteiger partial charge in [0.15, 0.2) is 5.96 Å². The van der Waals surface area contributed by atoms with Crippen molar-refractivity contribution in [1.82, 2.24) is 15.5 Å². The molecule has 2 unspecified atom stereocenters. The van der Waals surface area contributed by atoms with E-state index < -0.39 is 0 Å². The molecule has 1 heterocycles. The highest BCUT2D eigenvalue weighted by molar-refractivity contribution is 5.79. The Morgan fingerprint density at radius 3 is 2.38 bits per heavy atom. The summed E-state index contributed by atoms with van der Waals surface area (Å²) in [6.07, 6.45) is 0. The highest BCUT2D eigenvalue weighted by Gasteiger charge is 2.24. The monoisotopic (exact) mass is 362 g/mol. The van der Waals surface area contributed by atoms with Crippen LogP contribution in [0.25, 0.3) is 0 Å². The molecule has 2 rings (SSSR count). The molecule has 146 valence electrons. The molecule has 1 aliphatic heterocycles. The van der Waals surface area contributed by atoms with Crippen LogP contribution in [0.15, 0.2) is 35.3 Å². The first-order valence-corrected chi connectivity index (χ1v) is 9.57. The third kappa shape index (κ3) is 6.27. The summed E-state index contributed by atoms with van der Waals surface area (Å²) < 4.78 is 5.47. The lowest BCUT2D eigenvalue weighted by Crippen LogP contribution is -2.52. The van der Waals surface area contributed by atoms with Crippen molar-refractivity contribution in [2.24, 2.45) is 10.9 Å². The van der Waals surface area contributed by atoms with Crippen LogP contribution in [0.1, 0.15) is 25.3 Å². The van der Waals surface area contributed by atoms with Crippen molar-refractivity contribution in [1.29, 1.82) is 0 Å². The Labute approximate surface area is 157 Å².